The van der Waals surface area contributed by atoms with Crippen molar-refractivity contribution in [2.24, 2.45) is 0 Å². The van der Waals surface area contributed by atoms with Gasteiger partial charge >= 0.3 is 0 Å². The van der Waals surface area contributed by atoms with Gasteiger partial charge in [0.15, 0.2) is 0 Å². The van der Waals surface area contributed by atoms with Gasteiger partial charge in [0, 0.05) is 0 Å². The minimum absolute atomic E-state index is 0.0831. The quantitative estimate of drug-likeness (QED) is 0.790. The van der Waals surface area contributed by atoms with Crippen LogP contribution >= 0.6 is 0 Å². The summed E-state index contributed by atoms with van der Waals surface area (Å²) >= 11 is 0. The fraction of sp³-hybridized carbons (Fsp3) is 0.308. The maximum absolute atomic E-state index is 11.4. The second-order valence-corrected chi connectivity index (χ2v) is 3.65. The lowest BCUT2D eigenvalue weighted by Gasteiger charge is -2.13. The van der Waals surface area contributed by atoms with Crippen LogP contribution in [0.1, 0.15) is 20.8 Å². The van der Waals surface area contributed by atoms with Gasteiger partial charge in [-0.05, 0) is 39.0 Å². The maximum Gasteiger partial charge on any atom is 0.248 e. The van der Waals surface area contributed by atoms with E-state index in [0.29, 0.717) is 11.4 Å². The molecule has 0 aliphatic carbocycles. The molecule has 0 aliphatic heterocycles. The second kappa shape index (κ2) is 5.95. The van der Waals surface area contributed by atoms with E-state index < -0.39 is 0 Å². The number of amides is 1. The van der Waals surface area contributed by atoms with E-state index in [1.807, 2.05) is 38.1 Å². The van der Waals surface area contributed by atoms with Gasteiger partial charge in [0.05, 0.1) is 11.8 Å². The first kappa shape index (κ1) is 12.3. The highest BCUT2D eigenvalue weighted by atomic mass is 16.5. The van der Waals surface area contributed by atoms with E-state index in [1.165, 1.54) is 6.08 Å². The molecule has 0 unspecified atom stereocenters. The zero-order valence-corrected chi connectivity index (χ0v) is 9.86. The van der Waals surface area contributed by atoms with Gasteiger partial charge in [-0.25, -0.2) is 0 Å². The van der Waals surface area contributed by atoms with E-state index in [2.05, 4.69) is 5.32 Å². The Morgan fingerprint density at radius 1 is 1.38 bits per heavy atom. The molecule has 1 rings (SSSR count). The summed E-state index contributed by atoms with van der Waals surface area (Å²) in [7, 11) is 0. The molecule has 0 saturated heterocycles. The first-order chi connectivity index (χ1) is 7.63. The van der Waals surface area contributed by atoms with Crippen molar-refractivity contribution >= 4 is 11.6 Å². The van der Waals surface area contributed by atoms with Gasteiger partial charge in [-0.15, -0.1) is 0 Å². The Morgan fingerprint density at radius 3 is 2.69 bits per heavy atom. The molecule has 86 valence electrons. The van der Waals surface area contributed by atoms with Crippen LogP contribution in [0.3, 0.4) is 0 Å². The molecule has 3 heteroatoms. The van der Waals surface area contributed by atoms with Gasteiger partial charge in [0.25, 0.3) is 0 Å². The van der Waals surface area contributed by atoms with Crippen LogP contribution < -0.4 is 10.1 Å². The molecule has 0 atom stereocenters. The summed E-state index contributed by atoms with van der Waals surface area (Å²) in [5.74, 6) is 0.539. The zero-order chi connectivity index (χ0) is 12.0. The number of nitrogens with one attached hydrogen (secondary N) is 1. The number of ether oxygens (including phenoxy) is 1. The summed E-state index contributed by atoms with van der Waals surface area (Å²) in [4.78, 5) is 11.4. The summed E-state index contributed by atoms with van der Waals surface area (Å²) in [6.07, 6.45) is 3.26. The van der Waals surface area contributed by atoms with Crippen LogP contribution in [0.2, 0.25) is 0 Å². The highest BCUT2D eigenvalue weighted by Gasteiger charge is 2.06. The third kappa shape index (κ3) is 3.77. The molecule has 0 aromatic heterocycles. The first-order valence-corrected chi connectivity index (χ1v) is 5.33. The summed E-state index contributed by atoms with van der Waals surface area (Å²) in [6.45, 7) is 5.70. The number of hydrogen-bond acceptors (Lipinski definition) is 2. The third-order valence-corrected chi connectivity index (χ3v) is 1.83. The minimum Gasteiger partial charge on any atom is -0.489 e. The molecule has 0 aliphatic rings. The smallest absolute Gasteiger partial charge is 0.248 e. The Labute approximate surface area is 96.1 Å². The fourth-order valence-corrected chi connectivity index (χ4v) is 1.25. The molecular weight excluding hydrogens is 202 g/mol. The second-order valence-electron chi connectivity index (χ2n) is 3.65. The van der Waals surface area contributed by atoms with Crippen molar-refractivity contribution in [2.45, 2.75) is 26.9 Å². The van der Waals surface area contributed by atoms with Crippen LogP contribution in [0.25, 0.3) is 0 Å². The fourth-order valence-electron chi connectivity index (χ4n) is 1.25. The molecule has 1 aromatic rings. The zero-order valence-electron chi connectivity index (χ0n) is 9.86. The van der Waals surface area contributed by atoms with Gasteiger partial charge < -0.3 is 10.1 Å². The summed E-state index contributed by atoms with van der Waals surface area (Å²) in [5.41, 5.74) is 0.694. The predicted octanol–water partition coefficient (Wildman–Crippen LogP) is 2.99. The Balaban J connectivity index is 2.82. The molecule has 0 fully saturated rings. The molecular formula is C13H17NO2. The highest BCUT2D eigenvalue weighted by Crippen LogP contribution is 2.24. The van der Waals surface area contributed by atoms with Crippen molar-refractivity contribution in [1.82, 2.24) is 0 Å². The number of para-hydroxylation sites is 2. The van der Waals surface area contributed by atoms with E-state index in [9.17, 15) is 4.79 Å². The van der Waals surface area contributed by atoms with Gasteiger partial charge in [-0.3, -0.25) is 4.79 Å². The molecule has 0 spiro atoms. The monoisotopic (exact) mass is 219 g/mol. The minimum atomic E-state index is -0.151. The SMILES string of the molecule is CC=CC(=O)Nc1ccccc1OC(C)C. The Kier molecular flexibility index (Phi) is 4.58. The van der Waals surface area contributed by atoms with E-state index >= 15 is 0 Å². The highest BCUT2D eigenvalue weighted by molar-refractivity contribution is 6.00. The number of carbonyl (C=O) groups excluding carboxylic acids is 1. The van der Waals surface area contributed by atoms with E-state index in [1.54, 1.807) is 13.0 Å². The Bertz CT molecular complexity index is 383. The largest absolute Gasteiger partial charge is 0.489 e. The normalized spacial score (nSPS) is 10.8. The number of benzene rings is 1. The molecule has 0 radical (unpaired) electrons. The van der Waals surface area contributed by atoms with Gasteiger partial charge in [0.1, 0.15) is 5.75 Å². The maximum atomic E-state index is 11.4. The molecule has 0 heterocycles. The van der Waals surface area contributed by atoms with Crippen molar-refractivity contribution in [2.75, 3.05) is 5.32 Å². The lowest BCUT2D eigenvalue weighted by atomic mass is 10.3. The summed E-state index contributed by atoms with van der Waals surface area (Å²) in [6, 6.07) is 7.39. The van der Waals surface area contributed by atoms with Crippen LogP contribution in [-0.2, 0) is 4.79 Å². The van der Waals surface area contributed by atoms with Crippen LogP contribution in [0, 0.1) is 0 Å². The van der Waals surface area contributed by atoms with Crippen molar-refractivity contribution in [3.63, 3.8) is 0 Å². The van der Waals surface area contributed by atoms with Crippen molar-refractivity contribution in [3.8, 4) is 5.75 Å². The molecule has 1 amide bonds. The third-order valence-electron chi connectivity index (χ3n) is 1.83. The van der Waals surface area contributed by atoms with E-state index in [4.69, 9.17) is 4.74 Å². The van der Waals surface area contributed by atoms with E-state index in [-0.39, 0.29) is 12.0 Å². The van der Waals surface area contributed by atoms with Gasteiger partial charge in [0.2, 0.25) is 5.91 Å². The summed E-state index contributed by atoms with van der Waals surface area (Å²) in [5, 5.41) is 2.77. The molecule has 0 bridgehead atoms. The molecule has 1 aromatic carbocycles. The van der Waals surface area contributed by atoms with Crippen LogP contribution in [-0.4, -0.2) is 12.0 Å². The standard InChI is InChI=1S/C13H17NO2/c1-4-7-13(15)14-11-8-5-6-9-12(11)16-10(2)3/h4-10H,1-3H3,(H,14,15). The van der Waals surface area contributed by atoms with Crippen LogP contribution in [0.4, 0.5) is 5.69 Å². The van der Waals surface area contributed by atoms with Gasteiger partial charge in [-0.1, -0.05) is 18.2 Å². The lowest BCUT2D eigenvalue weighted by Crippen LogP contribution is -2.12. The van der Waals surface area contributed by atoms with Crippen molar-refractivity contribution < 1.29 is 9.53 Å². The Hall–Kier alpha value is -1.77. The average molecular weight is 219 g/mol. The predicted molar refractivity (Wildman–Crippen MR) is 65.6 cm³/mol. The lowest BCUT2D eigenvalue weighted by molar-refractivity contribution is -0.111. The molecule has 3 nitrogen and oxygen atoms in total. The summed E-state index contributed by atoms with van der Waals surface area (Å²) < 4.78 is 5.59. The number of carbonyl (C=O) groups is 1. The number of allylic oxidation sites excluding steroid dienone is 1. The topological polar surface area (TPSA) is 38.3 Å². The van der Waals surface area contributed by atoms with E-state index in [0.717, 1.165) is 0 Å². The Morgan fingerprint density at radius 2 is 2.06 bits per heavy atom. The molecule has 1 N–H and O–H groups in total. The number of rotatable bonds is 4. The molecule has 16 heavy (non-hydrogen) atoms. The van der Waals surface area contributed by atoms with Crippen molar-refractivity contribution in [3.05, 3.63) is 36.4 Å². The van der Waals surface area contributed by atoms with Crippen LogP contribution in [0.5, 0.6) is 5.75 Å². The number of hydrogen-bond donors (Lipinski definition) is 1. The van der Waals surface area contributed by atoms with Crippen LogP contribution in [0.15, 0.2) is 36.4 Å². The number of anilines is 1. The van der Waals surface area contributed by atoms with Gasteiger partial charge in [-0.2, -0.15) is 0 Å². The average Bonchev–Trinajstić information content (AvgIpc) is 2.20. The van der Waals surface area contributed by atoms with Crippen molar-refractivity contribution in [1.29, 1.82) is 0 Å². The molecule has 0 saturated carbocycles. The first-order valence-electron chi connectivity index (χ1n) is 5.33.